The van der Waals surface area contributed by atoms with Gasteiger partial charge in [-0.25, -0.2) is 23.2 Å². The van der Waals surface area contributed by atoms with Gasteiger partial charge in [-0.15, -0.1) is 0 Å². The van der Waals surface area contributed by atoms with Crippen molar-refractivity contribution in [2.24, 2.45) is 5.92 Å². The second-order valence-corrected chi connectivity index (χ2v) is 6.44. The summed E-state index contributed by atoms with van der Waals surface area (Å²) in [4.78, 5) is 31.4. The van der Waals surface area contributed by atoms with E-state index in [1.54, 1.807) is 20.8 Å². The first-order valence-corrected chi connectivity index (χ1v) is 8.31. The summed E-state index contributed by atoms with van der Waals surface area (Å²) >= 11 is 0. The van der Waals surface area contributed by atoms with Crippen LogP contribution in [-0.4, -0.2) is 43.0 Å². The van der Waals surface area contributed by atoms with E-state index >= 15 is 0 Å². The first-order chi connectivity index (χ1) is 10.5. The maximum absolute atomic E-state index is 11.4. The number of carbonyl (C=O) groups excluding carboxylic acids is 2. The SMILES string of the molecule is CC(C)OC(=O)OCOP(=O)(O)OCOC(=O)OC(C)C(C)C. The maximum atomic E-state index is 11.4. The van der Waals surface area contributed by atoms with Crippen LogP contribution in [0.5, 0.6) is 0 Å². The van der Waals surface area contributed by atoms with Crippen LogP contribution in [0, 0.1) is 5.92 Å². The summed E-state index contributed by atoms with van der Waals surface area (Å²) in [6.07, 6.45) is -2.92. The molecule has 0 bridgehead atoms. The molecule has 0 rings (SSSR count). The fourth-order valence-corrected chi connectivity index (χ4v) is 1.31. The van der Waals surface area contributed by atoms with Crippen LogP contribution in [0.1, 0.15) is 34.6 Å². The highest BCUT2D eigenvalue weighted by Gasteiger charge is 2.24. The first kappa shape index (κ1) is 21.6. The van der Waals surface area contributed by atoms with Crippen LogP contribution in [0.25, 0.3) is 0 Å². The fourth-order valence-electron chi connectivity index (χ4n) is 0.868. The van der Waals surface area contributed by atoms with Crippen LogP contribution in [0.15, 0.2) is 0 Å². The number of ether oxygens (including phenoxy) is 4. The molecule has 0 aliphatic rings. The Labute approximate surface area is 134 Å². The molecule has 0 saturated carbocycles. The maximum Gasteiger partial charge on any atom is 0.510 e. The predicted octanol–water partition coefficient (Wildman–Crippen LogP) is 2.79. The predicted molar refractivity (Wildman–Crippen MR) is 76.3 cm³/mol. The van der Waals surface area contributed by atoms with Crippen LogP contribution in [0.3, 0.4) is 0 Å². The summed E-state index contributed by atoms with van der Waals surface area (Å²) in [6, 6.07) is 0. The molecule has 0 amide bonds. The lowest BCUT2D eigenvalue weighted by Gasteiger charge is -2.16. The zero-order valence-corrected chi connectivity index (χ0v) is 14.6. The molecule has 11 heteroatoms. The molecule has 0 aromatic heterocycles. The van der Waals surface area contributed by atoms with E-state index in [1.165, 1.54) is 0 Å². The minimum absolute atomic E-state index is 0.0819. The van der Waals surface area contributed by atoms with Crippen molar-refractivity contribution in [2.45, 2.75) is 46.8 Å². The molecule has 0 radical (unpaired) electrons. The van der Waals surface area contributed by atoms with Crippen LogP contribution in [0.4, 0.5) is 9.59 Å². The Bertz CT molecular complexity index is 422. The van der Waals surface area contributed by atoms with Crippen LogP contribution >= 0.6 is 7.82 Å². The second kappa shape index (κ2) is 10.4. The lowest BCUT2D eigenvalue weighted by atomic mass is 10.1. The van der Waals surface area contributed by atoms with E-state index in [0.717, 1.165) is 0 Å². The van der Waals surface area contributed by atoms with E-state index in [9.17, 15) is 19.0 Å². The number of rotatable bonds is 9. The number of hydrogen-bond acceptors (Lipinski definition) is 9. The second-order valence-electron chi connectivity index (χ2n) is 4.98. The lowest BCUT2D eigenvalue weighted by molar-refractivity contribution is -0.0446. The Hall–Kier alpha value is -1.35. The van der Waals surface area contributed by atoms with Gasteiger partial charge in [0.15, 0.2) is 0 Å². The molecular formula is C12H23O10P. The molecule has 10 nitrogen and oxygen atoms in total. The Morgan fingerprint density at radius 3 is 1.74 bits per heavy atom. The topological polar surface area (TPSA) is 127 Å². The van der Waals surface area contributed by atoms with Gasteiger partial charge in [-0.1, -0.05) is 13.8 Å². The van der Waals surface area contributed by atoms with Gasteiger partial charge in [-0.3, -0.25) is 0 Å². The van der Waals surface area contributed by atoms with Crippen LogP contribution < -0.4 is 0 Å². The smallest absolute Gasteiger partial charge is 0.432 e. The van der Waals surface area contributed by atoms with E-state index in [2.05, 4.69) is 23.3 Å². The number of phosphoric acid groups is 1. The molecular weight excluding hydrogens is 335 g/mol. The molecule has 0 saturated heterocycles. The standard InChI is InChI=1S/C12H23O10P/c1-8(2)10(5)22-12(14)18-7-20-23(15,16)19-6-17-11(13)21-9(3)4/h8-10H,6-7H2,1-5H3,(H,15,16). The van der Waals surface area contributed by atoms with Gasteiger partial charge < -0.3 is 23.8 Å². The summed E-state index contributed by atoms with van der Waals surface area (Å²) in [6.45, 7) is 6.81. The van der Waals surface area contributed by atoms with E-state index < -0.39 is 39.8 Å². The highest BCUT2D eigenvalue weighted by Crippen LogP contribution is 2.42. The highest BCUT2D eigenvalue weighted by atomic mass is 31.2. The number of hydrogen-bond donors (Lipinski definition) is 1. The third-order valence-corrected chi connectivity index (χ3v) is 3.20. The molecule has 1 N–H and O–H groups in total. The summed E-state index contributed by atoms with van der Waals surface area (Å²) in [5.74, 6) is 0.0819. The third kappa shape index (κ3) is 11.8. The Morgan fingerprint density at radius 1 is 0.913 bits per heavy atom. The van der Waals surface area contributed by atoms with Crippen molar-refractivity contribution in [3.05, 3.63) is 0 Å². The van der Waals surface area contributed by atoms with Crippen molar-refractivity contribution in [2.75, 3.05) is 13.6 Å². The van der Waals surface area contributed by atoms with Gasteiger partial charge in [0, 0.05) is 0 Å². The van der Waals surface area contributed by atoms with Gasteiger partial charge in [0.05, 0.1) is 6.10 Å². The summed E-state index contributed by atoms with van der Waals surface area (Å²) in [5, 5.41) is 0. The van der Waals surface area contributed by atoms with Crippen molar-refractivity contribution in [1.29, 1.82) is 0 Å². The van der Waals surface area contributed by atoms with Crippen molar-refractivity contribution in [1.82, 2.24) is 0 Å². The molecule has 2 unspecified atom stereocenters. The van der Waals surface area contributed by atoms with Gasteiger partial charge in [0.2, 0.25) is 13.6 Å². The summed E-state index contributed by atoms with van der Waals surface area (Å²) < 4.78 is 38.3. The minimum Gasteiger partial charge on any atom is -0.432 e. The van der Waals surface area contributed by atoms with Crippen molar-refractivity contribution in [3.8, 4) is 0 Å². The van der Waals surface area contributed by atoms with Crippen LogP contribution in [-0.2, 0) is 32.6 Å². The highest BCUT2D eigenvalue weighted by molar-refractivity contribution is 7.47. The average Bonchev–Trinajstić information content (AvgIpc) is 2.36. The Balaban J connectivity index is 3.94. The number of carbonyl (C=O) groups is 2. The minimum atomic E-state index is -4.56. The van der Waals surface area contributed by atoms with E-state index in [1.807, 2.05) is 13.8 Å². The van der Waals surface area contributed by atoms with Crippen molar-refractivity contribution >= 4 is 20.1 Å². The zero-order valence-electron chi connectivity index (χ0n) is 13.7. The largest absolute Gasteiger partial charge is 0.510 e. The molecule has 0 aromatic rings. The molecule has 136 valence electrons. The molecule has 0 aliphatic carbocycles. The summed E-state index contributed by atoms with van der Waals surface area (Å²) in [5.41, 5.74) is 0. The fraction of sp³-hybridized carbons (Fsp3) is 0.833. The molecule has 0 fully saturated rings. The van der Waals surface area contributed by atoms with Gasteiger partial charge in [0.25, 0.3) is 0 Å². The quantitative estimate of drug-likeness (QED) is 0.373. The lowest BCUT2D eigenvalue weighted by Crippen LogP contribution is -2.21. The van der Waals surface area contributed by atoms with Gasteiger partial charge in [0.1, 0.15) is 6.10 Å². The monoisotopic (exact) mass is 358 g/mol. The van der Waals surface area contributed by atoms with Crippen molar-refractivity contribution < 1.29 is 47.0 Å². The average molecular weight is 358 g/mol. The molecule has 23 heavy (non-hydrogen) atoms. The Kier molecular flexibility index (Phi) is 9.82. The third-order valence-electron chi connectivity index (χ3n) is 2.34. The Morgan fingerprint density at radius 2 is 1.35 bits per heavy atom. The zero-order chi connectivity index (χ0) is 18.0. The van der Waals surface area contributed by atoms with E-state index in [0.29, 0.717) is 0 Å². The molecule has 0 heterocycles. The molecule has 0 aliphatic heterocycles. The van der Waals surface area contributed by atoms with Crippen LogP contribution in [0.2, 0.25) is 0 Å². The van der Waals surface area contributed by atoms with Gasteiger partial charge in [-0.05, 0) is 26.7 Å². The van der Waals surface area contributed by atoms with E-state index in [-0.39, 0.29) is 12.0 Å². The van der Waals surface area contributed by atoms with Gasteiger partial charge >= 0.3 is 20.1 Å². The normalized spacial score (nSPS) is 15.0. The summed E-state index contributed by atoms with van der Waals surface area (Å²) in [7, 11) is -4.56. The van der Waals surface area contributed by atoms with Crippen molar-refractivity contribution in [3.63, 3.8) is 0 Å². The van der Waals surface area contributed by atoms with Gasteiger partial charge in [-0.2, -0.15) is 0 Å². The number of phosphoric ester groups is 1. The molecule has 0 aromatic carbocycles. The van der Waals surface area contributed by atoms with E-state index in [4.69, 9.17) is 4.74 Å². The molecule has 2 atom stereocenters. The molecule has 0 spiro atoms. The first-order valence-electron chi connectivity index (χ1n) is 6.82.